The van der Waals surface area contributed by atoms with E-state index in [1.54, 1.807) is 24.3 Å². The van der Waals surface area contributed by atoms with Crippen LogP contribution in [0.2, 0.25) is 5.02 Å². The van der Waals surface area contributed by atoms with Gasteiger partial charge in [0.2, 0.25) is 10.0 Å². The summed E-state index contributed by atoms with van der Waals surface area (Å²) < 4.78 is 32.2. The van der Waals surface area contributed by atoms with Crippen molar-refractivity contribution in [2.24, 2.45) is 0 Å². The average molecular weight is 396 g/mol. The molecule has 2 aromatic rings. The Hall–Kier alpha value is -2.35. The lowest BCUT2D eigenvalue weighted by molar-refractivity contribution is -0.131. The molecule has 2 rings (SSSR count). The first-order valence-corrected chi connectivity index (χ1v) is 9.62. The van der Waals surface area contributed by atoms with Crippen molar-refractivity contribution >= 4 is 33.7 Å². The molecule has 0 fully saturated rings. The lowest BCUT2D eigenvalue weighted by atomic mass is 10.2. The third-order valence-electron chi connectivity index (χ3n) is 3.30. The molecule has 138 valence electrons. The molecule has 0 radical (unpaired) electrons. The van der Waals surface area contributed by atoms with E-state index in [0.29, 0.717) is 23.8 Å². The van der Waals surface area contributed by atoms with Crippen LogP contribution in [0.4, 0.5) is 0 Å². The highest BCUT2D eigenvalue weighted by atomic mass is 35.5. The SMILES string of the molecule is O=C(O)/C=C/c1ccc(OCCCNS(=O)(=O)c2ccc(Cl)cc2)cc1. The fourth-order valence-electron chi connectivity index (χ4n) is 2.01. The molecule has 0 unspecified atom stereocenters. The summed E-state index contributed by atoms with van der Waals surface area (Å²) in [5.74, 6) is -0.385. The molecular weight excluding hydrogens is 378 g/mol. The Morgan fingerprint density at radius 3 is 2.38 bits per heavy atom. The lowest BCUT2D eigenvalue weighted by Gasteiger charge is -2.08. The number of carbonyl (C=O) groups is 1. The second-order valence-electron chi connectivity index (χ2n) is 5.29. The average Bonchev–Trinajstić information content (AvgIpc) is 2.61. The van der Waals surface area contributed by atoms with Crippen molar-refractivity contribution in [1.82, 2.24) is 4.72 Å². The zero-order valence-electron chi connectivity index (χ0n) is 13.8. The highest BCUT2D eigenvalue weighted by Gasteiger charge is 2.12. The predicted octanol–water partition coefficient (Wildman–Crippen LogP) is 3.19. The lowest BCUT2D eigenvalue weighted by Crippen LogP contribution is -2.25. The number of carboxylic acids is 1. The molecule has 8 heteroatoms. The number of carboxylic acid groups (broad SMARTS) is 1. The van der Waals surface area contributed by atoms with Gasteiger partial charge < -0.3 is 9.84 Å². The van der Waals surface area contributed by atoms with Crippen LogP contribution in [0.1, 0.15) is 12.0 Å². The van der Waals surface area contributed by atoms with Gasteiger partial charge in [-0.3, -0.25) is 0 Å². The zero-order chi connectivity index (χ0) is 19.0. The number of benzene rings is 2. The van der Waals surface area contributed by atoms with Gasteiger partial charge in [0.05, 0.1) is 11.5 Å². The van der Waals surface area contributed by atoms with Crippen LogP contribution in [0.3, 0.4) is 0 Å². The summed E-state index contributed by atoms with van der Waals surface area (Å²) in [7, 11) is -3.56. The molecule has 0 aliphatic heterocycles. The van der Waals surface area contributed by atoms with E-state index >= 15 is 0 Å². The molecule has 0 amide bonds. The van der Waals surface area contributed by atoms with Gasteiger partial charge in [0.1, 0.15) is 5.75 Å². The maximum Gasteiger partial charge on any atom is 0.328 e. The number of aliphatic carboxylic acids is 1. The van der Waals surface area contributed by atoms with E-state index < -0.39 is 16.0 Å². The maximum atomic E-state index is 12.1. The molecule has 0 aromatic heterocycles. The number of sulfonamides is 1. The van der Waals surface area contributed by atoms with Crippen molar-refractivity contribution in [3.63, 3.8) is 0 Å². The molecule has 26 heavy (non-hydrogen) atoms. The normalized spacial score (nSPS) is 11.6. The molecule has 0 heterocycles. The van der Waals surface area contributed by atoms with Gasteiger partial charge in [-0.2, -0.15) is 0 Å². The minimum atomic E-state index is -3.56. The molecule has 2 aromatic carbocycles. The summed E-state index contributed by atoms with van der Waals surface area (Å²) in [6.45, 7) is 0.581. The van der Waals surface area contributed by atoms with E-state index in [9.17, 15) is 13.2 Å². The molecule has 0 bridgehead atoms. The van der Waals surface area contributed by atoms with Crippen molar-refractivity contribution in [2.75, 3.05) is 13.2 Å². The molecule has 0 atom stereocenters. The van der Waals surface area contributed by atoms with Gasteiger partial charge >= 0.3 is 5.97 Å². The van der Waals surface area contributed by atoms with E-state index in [4.69, 9.17) is 21.4 Å². The minimum Gasteiger partial charge on any atom is -0.494 e. The van der Waals surface area contributed by atoms with Crippen molar-refractivity contribution in [2.45, 2.75) is 11.3 Å². The summed E-state index contributed by atoms with van der Waals surface area (Å²) in [4.78, 5) is 10.6. The van der Waals surface area contributed by atoms with Crippen LogP contribution in [0.15, 0.2) is 59.5 Å². The number of halogens is 1. The molecule has 0 saturated heterocycles. The standard InChI is InChI=1S/C18H18ClNO5S/c19-15-5-9-17(10-6-15)26(23,24)20-12-1-13-25-16-7-2-14(3-8-16)4-11-18(21)22/h2-11,20H,1,12-13H2,(H,21,22)/b11-4+. The van der Waals surface area contributed by atoms with Gasteiger partial charge in [-0.15, -0.1) is 0 Å². The zero-order valence-corrected chi connectivity index (χ0v) is 15.3. The van der Waals surface area contributed by atoms with E-state index in [1.807, 2.05) is 0 Å². The summed E-state index contributed by atoms with van der Waals surface area (Å²) in [6, 6.07) is 12.8. The van der Waals surface area contributed by atoms with E-state index in [0.717, 1.165) is 11.6 Å². The van der Waals surface area contributed by atoms with Crippen LogP contribution in [0, 0.1) is 0 Å². The topological polar surface area (TPSA) is 92.7 Å². The Labute approximate surface area is 157 Å². The number of hydrogen-bond acceptors (Lipinski definition) is 4. The van der Waals surface area contributed by atoms with Crippen molar-refractivity contribution in [3.8, 4) is 5.75 Å². The third-order valence-corrected chi connectivity index (χ3v) is 5.03. The first-order valence-electron chi connectivity index (χ1n) is 7.76. The van der Waals surface area contributed by atoms with Crippen LogP contribution in [-0.4, -0.2) is 32.6 Å². The van der Waals surface area contributed by atoms with Crippen LogP contribution in [0.25, 0.3) is 6.08 Å². The first-order chi connectivity index (χ1) is 12.4. The summed E-state index contributed by atoms with van der Waals surface area (Å²) in [5, 5.41) is 9.05. The second kappa shape index (κ2) is 9.38. The molecule has 0 spiro atoms. The predicted molar refractivity (Wildman–Crippen MR) is 99.9 cm³/mol. The van der Waals surface area contributed by atoms with Crippen molar-refractivity contribution < 1.29 is 23.1 Å². The summed E-state index contributed by atoms with van der Waals surface area (Å²) in [6.07, 6.45) is 3.04. The molecule has 0 saturated carbocycles. The monoisotopic (exact) mass is 395 g/mol. The van der Waals surface area contributed by atoms with Crippen LogP contribution in [-0.2, 0) is 14.8 Å². The molecule has 2 N–H and O–H groups in total. The van der Waals surface area contributed by atoms with Crippen molar-refractivity contribution in [1.29, 1.82) is 0 Å². The fourth-order valence-corrected chi connectivity index (χ4v) is 3.21. The minimum absolute atomic E-state index is 0.160. The fraction of sp³-hybridized carbons (Fsp3) is 0.167. The Morgan fingerprint density at radius 1 is 1.12 bits per heavy atom. The van der Waals surface area contributed by atoms with Gasteiger partial charge in [-0.25, -0.2) is 17.9 Å². The number of nitrogens with one attached hydrogen (secondary N) is 1. The second-order valence-corrected chi connectivity index (χ2v) is 7.50. The van der Waals surface area contributed by atoms with Gasteiger partial charge in [0, 0.05) is 17.6 Å². The molecular formula is C18H18ClNO5S. The summed E-state index contributed by atoms with van der Waals surface area (Å²) in [5.41, 5.74) is 0.746. The molecule has 6 nitrogen and oxygen atoms in total. The van der Waals surface area contributed by atoms with Gasteiger partial charge in [-0.1, -0.05) is 23.7 Å². The Balaban J connectivity index is 1.75. The first kappa shape index (κ1) is 20.0. The third kappa shape index (κ3) is 6.51. The highest BCUT2D eigenvalue weighted by molar-refractivity contribution is 7.89. The Bertz CT molecular complexity index is 861. The Kier molecular flexibility index (Phi) is 7.20. The van der Waals surface area contributed by atoms with E-state index in [2.05, 4.69) is 4.72 Å². The van der Waals surface area contributed by atoms with Gasteiger partial charge in [0.15, 0.2) is 0 Å². The number of ether oxygens (including phenoxy) is 1. The Morgan fingerprint density at radius 2 is 1.77 bits per heavy atom. The summed E-state index contributed by atoms with van der Waals surface area (Å²) >= 11 is 5.75. The van der Waals surface area contributed by atoms with E-state index in [-0.39, 0.29) is 11.4 Å². The van der Waals surface area contributed by atoms with Crippen LogP contribution in [0.5, 0.6) is 5.75 Å². The molecule has 0 aliphatic rings. The number of hydrogen-bond donors (Lipinski definition) is 2. The molecule has 0 aliphatic carbocycles. The van der Waals surface area contributed by atoms with Crippen molar-refractivity contribution in [3.05, 3.63) is 65.2 Å². The number of rotatable bonds is 9. The highest BCUT2D eigenvalue weighted by Crippen LogP contribution is 2.15. The largest absolute Gasteiger partial charge is 0.494 e. The van der Waals surface area contributed by atoms with Gasteiger partial charge in [-0.05, 0) is 54.5 Å². The quantitative estimate of drug-likeness (QED) is 0.502. The maximum absolute atomic E-state index is 12.1. The smallest absolute Gasteiger partial charge is 0.328 e. The van der Waals surface area contributed by atoms with E-state index in [1.165, 1.54) is 30.3 Å². The van der Waals surface area contributed by atoms with Crippen LogP contribution < -0.4 is 9.46 Å². The van der Waals surface area contributed by atoms with Crippen LogP contribution >= 0.6 is 11.6 Å². The van der Waals surface area contributed by atoms with Gasteiger partial charge in [0.25, 0.3) is 0 Å².